The van der Waals surface area contributed by atoms with Crippen molar-refractivity contribution >= 4 is 29.2 Å². The summed E-state index contributed by atoms with van der Waals surface area (Å²) in [6, 6.07) is 14.0. The van der Waals surface area contributed by atoms with Crippen molar-refractivity contribution in [1.29, 1.82) is 0 Å². The highest BCUT2D eigenvalue weighted by molar-refractivity contribution is 5.93. The van der Waals surface area contributed by atoms with Crippen LogP contribution < -0.4 is 15.1 Å². The van der Waals surface area contributed by atoms with Crippen LogP contribution in [0.15, 0.2) is 52.9 Å². The van der Waals surface area contributed by atoms with Gasteiger partial charge in [-0.1, -0.05) is 18.2 Å². The molecule has 0 radical (unpaired) electrons. The molecular weight excluding hydrogens is 374 g/mol. The zero-order valence-corrected chi connectivity index (χ0v) is 16.3. The minimum atomic E-state index is -0.595. The number of rotatable bonds is 9. The Labute approximate surface area is 168 Å². The topological polar surface area (TPSA) is 95.2 Å². The van der Waals surface area contributed by atoms with Gasteiger partial charge >= 0.3 is 0 Å². The van der Waals surface area contributed by atoms with E-state index in [0.29, 0.717) is 30.3 Å². The monoisotopic (exact) mass is 397 g/mol. The van der Waals surface area contributed by atoms with Gasteiger partial charge in [0.1, 0.15) is 17.9 Å². The molecule has 0 unspecified atom stereocenters. The van der Waals surface area contributed by atoms with Gasteiger partial charge in [0.2, 0.25) is 12.3 Å². The highest BCUT2D eigenvalue weighted by atomic mass is 16.5. The van der Waals surface area contributed by atoms with Crippen LogP contribution in [0.2, 0.25) is 0 Å². The predicted octanol–water partition coefficient (Wildman–Crippen LogP) is 2.66. The minimum absolute atomic E-state index is 0.239. The lowest BCUT2D eigenvalue weighted by Gasteiger charge is -2.18. The van der Waals surface area contributed by atoms with E-state index >= 15 is 0 Å². The smallest absolute Gasteiger partial charge is 0.274 e. The summed E-state index contributed by atoms with van der Waals surface area (Å²) in [6.45, 7) is 1.16. The fraction of sp³-hybridized carbons (Fsp3) is 0.238. The SMILES string of the molecule is CN(C)Cc1c(N(C=O)CCOc2ccc(C(=O)NO)cc2)oc2ccccc12. The van der Waals surface area contributed by atoms with Crippen molar-refractivity contribution in [3.05, 3.63) is 59.7 Å². The molecule has 2 amide bonds. The molecule has 8 heteroatoms. The Morgan fingerprint density at radius 1 is 1.17 bits per heavy atom. The number of nitrogens with zero attached hydrogens (tertiary/aromatic N) is 2. The summed E-state index contributed by atoms with van der Waals surface area (Å²) in [5, 5.41) is 9.62. The molecule has 1 aromatic heterocycles. The quantitative estimate of drug-likeness (QED) is 0.327. The number of carbonyl (C=O) groups excluding carboxylic acids is 2. The van der Waals surface area contributed by atoms with Crippen LogP contribution in [0.1, 0.15) is 15.9 Å². The van der Waals surface area contributed by atoms with Gasteiger partial charge in [-0.05, 0) is 44.4 Å². The van der Waals surface area contributed by atoms with E-state index in [1.165, 1.54) is 17.0 Å². The Morgan fingerprint density at radius 3 is 2.55 bits per heavy atom. The molecule has 3 aromatic rings. The minimum Gasteiger partial charge on any atom is -0.492 e. The van der Waals surface area contributed by atoms with Crippen LogP contribution >= 0.6 is 0 Å². The first-order valence-electron chi connectivity index (χ1n) is 9.08. The second kappa shape index (κ2) is 9.22. The van der Waals surface area contributed by atoms with Crippen molar-refractivity contribution in [1.82, 2.24) is 10.4 Å². The maximum Gasteiger partial charge on any atom is 0.274 e. The molecule has 2 N–H and O–H groups in total. The van der Waals surface area contributed by atoms with Gasteiger partial charge < -0.3 is 14.1 Å². The summed E-state index contributed by atoms with van der Waals surface area (Å²) in [6.07, 6.45) is 0.731. The van der Waals surface area contributed by atoms with Crippen LogP contribution in [0.25, 0.3) is 11.0 Å². The molecule has 3 rings (SSSR count). The van der Waals surface area contributed by atoms with E-state index in [-0.39, 0.29) is 6.61 Å². The van der Waals surface area contributed by atoms with Crippen molar-refractivity contribution in [2.75, 3.05) is 32.1 Å². The maximum atomic E-state index is 11.7. The summed E-state index contributed by atoms with van der Waals surface area (Å²) in [5.74, 6) is 0.457. The van der Waals surface area contributed by atoms with Gasteiger partial charge in [-0.25, -0.2) is 5.48 Å². The molecule has 0 aliphatic heterocycles. The van der Waals surface area contributed by atoms with E-state index in [1.807, 2.05) is 43.3 Å². The molecule has 29 heavy (non-hydrogen) atoms. The van der Waals surface area contributed by atoms with Gasteiger partial charge in [0.05, 0.1) is 6.54 Å². The number of nitrogens with one attached hydrogen (secondary N) is 1. The summed E-state index contributed by atoms with van der Waals surface area (Å²) in [4.78, 5) is 26.6. The highest BCUT2D eigenvalue weighted by Crippen LogP contribution is 2.32. The molecular formula is C21H23N3O5. The lowest BCUT2D eigenvalue weighted by atomic mass is 10.1. The molecule has 0 saturated heterocycles. The Balaban J connectivity index is 1.72. The Hall–Kier alpha value is -3.36. The molecule has 8 nitrogen and oxygen atoms in total. The third-order valence-electron chi connectivity index (χ3n) is 4.36. The highest BCUT2D eigenvalue weighted by Gasteiger charge is 2.20. The molecule has 0 bridgehead atoms. The van der Waals surface area contributed by atoms with Gasteiger partial charge in [-0.15, -0.1) is 0 Å². The van der Waals surface area contributed by atoms with Crippen molar-refractivity contribution < 1.29 is 24.0 Å². The van der Waals surface area contributed by atoms with E-state index in [9.17, 15) is 9.59 Å². The number of ether oxygens (including phenoxy) is 1. The van der Waals surface area contributed by atoms with Crippen molar-refractivity contribution in [3.8, 4) is 5.75 Å². The van der Waals surface area contributed by atoms with Crippen molar-refractivity contribution in [3.63, 3.8) is 0 Å². The van der Waals surface area contributed by atoms with Crippen LogP contribution in [0.3, 0.4) is 0 Å². The number of anilines is 1. The van der Waals surface area contributed by atoms with E-state index in [1.54, 1.807) is 17.6 Å². The largest absolute Gasteiger partial charge is 0.492 e. The normalized spacial score (nSPS) is 10.9. The van der Waals surface area contributed by atoms with Crippen LogP contribution in [0, 0.1) is 0 Å². The fourth-order valence-electron chi connectivity index (χ4n) is 3.02. The molecule has 0 spiro atoms. The molecule has 2 aromatic carbocycles. The lowest BCUT2D eigenvalue weighted by molar-refractivity contribution is -0.107. The number of benzene rings is 2. The molecule has 0 aliphatic carbocycles. The Kier molecular flexibility index (Phi) is 6.48. The number of hydrogen-bond donors (Lipinski definition) is 2. The first-order valence-corrected chi connectivity index (χ1v) is 9.08. The second-order valence-electron chi connectivity index (χ2n) is 6.73. The zero-order chi connectivity index (χ0) is 20.8. The van der Waals surface area contributed by atoms with Crippen LogP contribution in [0.4, 0.5) is 5.88 Å². The molecule has 0 saturated carbocycles. The van der Waals surface area contributed by atoms with Crippen LogP contribution in [-0.2, 0) is 11.3 Å². The fourth-order valence-corrected chi connectivity index (χ4v) is 3.02. The van der Waals surface area contributed by atoms with Gasteiger partial charge in [0.15, 0.2) is 0 Å². The Morgan fingerprint density at radius 2 is 1.90 bits per heavy atom. The summed E-state index contributed by atoms with van der Waals surface area (Å²) in [5.41, 5.74) is 3.55. The third-order valence-corrected chi connectivity index (χ3v) is 4.36. The van der Waals surface area contributed by atoms with Gasteiger partial charge in [0.25, 0.3) is 5.91 Å². The number of fused-ring (bicyclic) bond motifs is 1. The molecule has 0 atom stereocenters. The molecule has 0 fully saturated rings. The van der Waals surface area contributed by atoms with Crippen molar-refractivity contribution in [2.45, 2.75) is 6.54 Å². The van der Waals surface area contributed by atoms with Gasteiger partial charge in [-0.2, -0.15) is 0 Å². The van der Waals surface area contributed by atoms with E-state index < -0.39 is 5.91 Å². The Bertz CT molecular complexity index is 982. The van der Waals surface area contributed by atoms with Crippen LogP contribution in [0.5, 0.6) is 5.75 Å². The average molecular weight is 397 g/mol. The van der Waals surface area contributed by atoms with E-state index in [0.717, 1.165) is 22.9 Å². The first kappa shape index (κ1) is 20.4. The maximum absolute atomic E-state index is 11.7. The van der Waals surface area contributed by atoms with Crippen molar-refractivity contribution in [2.24, 2.45) is 0 Å². The second-order valence-corrected chi connectivity index (χ2v) is 6.73. The van der Waals surface area contributed by atoms with E-state index in [4.69, 9.17) is 14.4 Å². The van der Waals surface area contributed by atoms with Gasteiger partial charge in [-0.3, -0.25) is 19.7 Å². The standard InChI is InChI=1S/C21H23N3O5/c1-23(2)13-18-17-5-3-4-6-19(17)29-21(18)24(14-25)11-12-28-16-9-7-15(8-10-16)20(26)22-27/h3-10,14,27H,11-13H2,1-2H3,(H,22,26). The average Bonchev–Trinajstić information content (AvgIpc) is 3.09. The number of para-hydroxylation sites is 1. The number of carbonyl (C=O) groups is 2. The molecule has 1 heterocycles. The summed E-state index contributed by atoms with van der Waals surface area (Å²) >= 11 is 0. The predicted molar refractivity (Wildman–Crippen MR) is 108 cm³/mol. The summed E-state index contributed by atoms with van der Waals surface area (Å²) in [7, 11) is 3.92. The first-order chi connectivity index (χ1) is 14.0. The number of furan rings is 1. The lowest BCUT2D eigenvalue weighted by Crippen LogP contribution is -2.28. The molecule has 0 aliphatic rings. The summed E-state index contributed by atoms with van der Waals surface area (Å²) < 4.78 is 11.6. The van der Waals surface area contributed by atoms with Crippen LogP contribution in [-0.4, -0.2) is 49.7 Å². The molecule has 152 valence electrons. The number of hydrogen-bond acceptors (Lipinski definition) is 6. The third kappa shape index (κ3) is 4.74. The van der Waals surface area contributed by atoms with E-state index in [2.05, 4.69) is 0 Å². The zero-order valence-electron chi connectivity index (χ0n) is 16.3. The number of amides is 2. The number of hydroxylamine groups is 1. The van der Waals surface area contributed by atoms with Gasteiger partial charge in [0, 0.05) is 23.1 Å².